The van der Waals surface area contributed by atoms with Gasteiger partial charge in [-0.3, -0.25) is 4.79 Å². The van der Waals surface area contributed by atoms with Crippen molar-refractivity contribution in [2.24, 2.45) is 11.7 Å². The van der Waals surface area contributed by atoms with Gasteiger partial charge in [0.2, 0.25) is 5.91 Å². The molecule has 0 aliphatic rings. The Morgan fingerprint density at radius 1 is 1.29 bits per heavy atom. The highest BCUT2D eigenvalue weighted by atomic mass is 16.1. The van der Waals surface area contributed by atoms with Gasteiger partial charge in [0.1, 0.15) is 0 Å². The summed E-state index contributed by atoms with van der Waals surface area (Å²) < 4.78 is 0. The van der Waals surface area contributed by atoms with Gasteiger partial charge in [-0.1, -0.05) is 57.5 Å². The zero-order valence-electron chi connectivity index (χ0n) is 11.1. The van der Waals surface area contributed by atoms with Gasteiger partial charge in [-0.25, -0.2) is 0 Å². The van der Waals surface area contributed by atoms with Crippen molar-refractivity contribution in [2.75, 3.05) is 0 Å². The van der Waals surface area contributed by atoms with Crippen LogP contribution in [0.25, 0.3) is 0 Å². The van der Waals surface area contributed by atoms with Crippen molar-refractivity contribution in [1.82, 2.24) is 0 Å². The normalized spacial score (nSPS) is 16.2. The minimum Gasteiger partial charge on any atom is -0.369 e. The maximum atomic E-state index is 12.0. The first kappa shape index (κ1) is 13.8. The Kier molecular flexibility index (Phi) is 4.73. The van der Waals surface area contributed by atoms with Gasteiger partial charge in [-0.2, -0.15) is 0 Å². The number of carbonyl (C=O) groups excluding carboxylic acids is 1. The van der Waals surface area contributed by atoms with Gasteiger partial charge < -0.3 is 5.73 Å². The Morgan fingerprint density at radius 3 is 2.29 bits per heavy atom. The minimum absolute atomic E-state index is 0.202. The molecule has 1 aromatic rings. The van der Waals surface area contributed by atoms with Crippen molar-refractivity contribution in [3.8, 4) is 0 Å². The Bertz CT molecular complexity index is 360. The first-order valence-electron chi connectivity index (χ1n) is 6.45. The second-order valence-corrected chi connectivity index (χ2v) is 4.74. The van der Waals surface area contributed by atoms with E-state index < -0.39 is 5.41 Å². The molecule has 2 heteroatoms. The van der Waals surface area contributed by atoms with Crippen molar-refractivity contribution >= 4 is 5.91 Å². The number of primary amides is 1. The van der Waals surface area contributed by atoms with Crippen LogP contribution in [0.3, 0.4) is 0 Å². The number of hydrogen-bond acceptors (Lipinski definition) is 1. The van der Waals surface area contributed by atoms with Gasteiger partial charge in [-0.15, -0.1) is 0 Å². The van der Waals surface area contributed by atoms with Crippen LogP contribution < -0.4 is 5.73 Å². The van der Waals surface area contributed by atoms with Gasteiger partial charge in [0, 0.05) is 0 Å². The smallest absolute Gasteiger partial charge is 0.228 e. The van der Waals surface area contributed by atoms with E-state index in [2.05, 4.69) is 13.8 Å². The Hall–Kier alpha value is -1.31. The third-order valence-electron chi connectivity index (χ3n) is 3.85. The maximum absolute atomic E-state index is 12.0. The molecule has 2 atom stereocenters. The quantitative estimate of drug-likeness (QED) is 0.805. The minimum atomic E-state index is -0.517. The van der Waals surface area contributed by atoms with E-state index >= 15 is 0 Å². The summed E-state index contributed by atoms with van der Waals surface area (Å²) in [5.74, 6) is 0.0737. The van der Waals surface area contributed by atoms with E-state index in [4.69, 9.17) is 5.73 Å². The highest BCUT2D eigenvalue weighted by Crippen LogP contribution is 2.37. The van der Waals surface area contributed by atoms with Crippen molar-refractivity contribution in [3.63, 3.8) is 0 Å². The second-order valence-electron chi connectivity index (χ2n) is 4.74. The molecule has 0 aromatic heterocycles. The van der Waals surface area contributed by atoms with Gasteiger partial charge in [-0.05, 0) is 24.3 Å². The van der Waals surface area contributed by atoms with E-state index in [0.29, 0.717) is 0 Å². The lowest BCUT2D eigenvalue weighted by Gasteiger charge is -2.36. The monoisotopic (exact) mass is 233 g/mol. The molecule has 0 fully saturated rings. The van der Waals surface area contributed by atoms with Crippen LogP contribution in [-0.2, 0) is 10.2 Å². The summed E-state index contributed by atoms with van der Waals surface area (Å²) in [5, 5.41) is 0. The molecule has 0 radical (unpaired) electrons. The molecule has 1 amide bonds. The number of hydrogen-bond donors (Lipinski definition) is 1. The number of carbonyl (C=O) groups is 1. The van der Waals surface area contributed by atoms with Crippen LogP contribution in [0, 0.1) is 5.92 Å². The molecule has 1 rings (SSSR count). The average molecular weight is 233 g/mol. The topological polar surface area (TPSA) is 43.1 Å². The summed E-state index contributed by atoms with van der Waals surface area (Å²) in [6.07, 6.45) is 2.85. The second kappa shape index (κ2) is 5.85. The third kappa shape index (κ3) is 2.51. The predicted molar refractivity (Wildman–Crippen MR) is 71.7 cm³/mol. The summed E-state index contributed by atoms with van der Waals surface area (Å²) in [6, 6.07) is 9.94. The van der Waals surface area contributed by atoms with Crippen molar-refractivity contribution in [3.05, 3.63) is 35.9 Å². The zero-order chi connectivity index (χ0) is 12.9. The van der Waals surface area contributed by atoms with Crippen molar-refractivity contribution < 1.29 is 4.79 Å². The number of nitrogens with two attached hydrogens (primary N) is 1. The van der Waals surface area contributed by atoms with Crippen LogP contribution in [0.1, 0.15) is 45.6 Å². The molecular weight excluding hydrogens is 210 g/mol. The Balaban J connectivity index is 3.23. The molecule has 0 heterocycles. The van der Waals surface area contributed by atoms with E-state index in [1.807, 2.05) is 37.3 Å². The van der Waals surface area contributed by atoms with Gasteiger partial charge in [0.25, 0.3) is 0 Å². The fourth-order valence-electron chi connectivity index (χ4n) is 2.81. The Labute approximate surface area is 104 Å². The van der Waals surface area contributed by atoms with Crippen LogP contribution in [0.4, 0.5) is 0 Å². The lowest BCUT2D eigenvalue weighted by molar-refractivity contribution is -0.125. The molecule has 0 spiro atoms. The Morgan fingerprint density at radius 2 is 1.88 bits per heavy atom. The molecule has 1 aromatic carbocycles. The van der Waals surface area contributed by atoms with Crippen LogP contribution in [0.15, 0.2) is 30.3 Å². The first-order valence-corrected chi connectivity index (χ1v) is 6.45. The van der Waals surface area contributed by atoms with E-state index in [-0.39, 0.29) is 11.8 Å². The lowest BCUT2D eigenvalue weighted by Crippen LogP contribution is -2.46. The third-order valence-corrected chi connectivity index (χ3v) is 3.85. The highest BCUT2D eigenvalue weighted by Gasteiger charge is 2.41. The molecule has 0 aliphatic carbocycles. The molecule has 2 nitrogen and oxygen atoms in total. The molecule has 94 valence electrons. The van der Waals surface area contributed by atoms with Gasteiger partial charge in [0.05, 0.1) is 5.41 Å². The SMILES string of the molecule is CCCC(C)C(CC)(C(N)=O)c1ccccc1. The summed E-state index contributed by atoms with van der Waals surface area (Å²) in [6.45, 7) is 6.32. The summed E-state index contributed by atoms with van der Waals surface area (Å²) in [5.41, 5.74) is 6.24. The number of rotatable bonds is 6. The molecule has 0 aliphatic heterocycles. The summed E-state index contributed by atoms with van der Waals surface area (Å²) in [7, 11) is 0. The average Bonchev–Trinajstić information content (AvgIpc) is 2.32. The lowest BCUT2D eigenvalue weighted by atomic mass is 9.67. The van der Waals surface area contributed by atoms with E-state index in [0.717, 1.165) is 24.8 Å². The number of benzene rings is 1. The van der Waals surface area contributed by atoms with Crippen LogP contribution >= 0.6 is 0 Å². The van der Waals surface area contributed by atoms with Crippen LogP contribution in [-0.4, -0.2) is 5.91 Å². The van der Waals surface area contributed by atoms with E-state index in [1.54, 1.807) is 0 Å². The standard InChI is InChI=1S/C15H23NO/c1-4-9-12(3)15(5-2,14(16)17)13-10-7-6-8-11-13/h6-8,10-12H,4-5,9H2,1-3H3,(H2,16,17). The number of amides is 1. The first-order chi connectivity index (χ1) is 8.09. The molecular formula is C15H23NO. The van der Waals surface area contributed by atoms with Crippen LogP contribution in [0.2, 0.25) is 0 Å². The largest absolute Gasteiger partial charge is 0.369 e. The molecule has 0 saturated heterocycles. The predicted octanol–water partition coefficient (Wildman–Crippen LogP) is 3.26. The fourth-order valence-corrected chi connectivity index (χ4v) is 2.81. The highest BCUT2D eigenvalue weighted by molar-refractivity contribution is 5.87. The van der Waals surface area contributed by atoms with Crippen molar-refractivity contribution in [1.29, 1.82) is 0 Å². The molecule has 2 N–H and O–H groups in total. The molecule has 17 heavy (non-hydrogen) atoms. The summed E-state index contributed by atoms with van der Waals surface area (Å²) >= 11 is 0. The van der Waals surface area contributed by atoms with E-state index in [9.17, 15) is 4.79 Å². The van der Waals surface area contributed by atoms with Gasteiger partial charge in [0.15, 0.2) is 0 Å². The zero-order valence-corrected chi connectivity index (χ0v) is 11.1. The van der Waals surface area contributed by atoms with Gasteiger partial charge >= 0.3 is 0 Å². The summed E-state index contributed by atoms with van der Waals surface area (Å²) in [4.78, 5) is 12.0. The van der Waals surface area contributed by atoms with E-state index in [1.165, 1.54) is 0 Å². The fraction of sp³-hybridized carbons (Fsp3) is 0.533. The molecule has 0 saturated carbocycles. The molecule has 0 bridgehead atoms. The van der Waals surface area contributed by atoms with Crippen LogP contribution in [0.5, 0.6) is 0 Å². The van der Waals surface area contributed by atoms with Crippen molar-refractivity contribution in [2.45, 2.75) is 45.4 Å². The molecule has 2 unspecified atom stereocenters. The maximum Gasteiger partial charge on any atom is 0.228 e.